The standard InChI is InChI=1S/C19H16FNO/c1-2-21-17-7-4-3-6-16(17)19(18(21)8-5-13-22)14-9-11-15(20)12-10-14/h3-13H,2H2,1H3/b8-5+. The minimum Gasteiger partial charge on any atom is -0.341 e. The van der Waals surface area contributed by atoms with Crippen LogP contribution < -0.4 is 0 Å². The molecule has 0 unspecified atom stereocenters. The highest BCUT2D eigenvalue weighted by molar-refractivity contribution is 6.01. The quantitative estimate of drug-likeness (QED) is 0.505. The lowest BCUT2D eigenvalue weighted by Crippen LogP contribution is -1.96. The fourth-order valence-corrected chi connectivity index (χ4v) is 2.89. The van der Waals surface area contributed by atoms with E-state index >= 15 is 0 Å². The van der Waals surface area contributed by atoms with Crippen molar-refractivity contribution in [2.75, 3.05) is 0 Å². The van der Waals surface area contributed by atoms with Crippen LogP contribution >= 0.6 is 0 Å². The predicted octanol–water partition coefficient (Wildman–Crippen LogP) is 4.68. The number of hydrogen-bond acceptors (Lipinski definition) is 1. The van der Waals surface area contributed by atoms with Gasteiger partial charge in [-0.05, 0) is 42.8 Å². The molecule has 1 heterocycles. The summed E-state index contributed by atoms with van der Waals surface area (Å²) in [6.45, 7) is 2.86. The Balaban J connectivity index is 2.37. The van der Waals surface area contributed by atoms with Crippen molar-refractivity contribution in [2.24, 2.45) is 0 Å². The van der Waals surface area contributed by atoms with Gasteiger partial charge in [-0.3, -0.25) is 4.79 Å². The van der Waals surface area contributed by atoms with Crippen molar-refractivity contribution in [3.63, 3.8) is 0 Å². The number of aldehydes is 1. The molecular formula is C19H16FNO. The van der Waals surface area contributed by atoms with E-state index < -0.39 is 0 Å². The van der Waals surface area contributed by atoms with Crippen LogP contribution in [0, 0.1) is 5.82 Å². The average Bonchev–Trinajstić information content (AvgIpc) is 2.87. The Morgan fingerprint density at radius 2 is 1.82 bits per heavy atom. The van der Waals surface area contributed by atoms with Gasteiger partial charge < -0.3 is 4.57 Å². The van der Waals surface area contributed by atoms with Gasteiger partial charge in [0.1, 0.15) is 12.1 Å². The molecule has 0 fully saturated rings. The Hall–Kier alpha value is -2.68. The summed E-state index contributed by atoms with van der Waals surface area (Å²) in [5.74, 6) is -0.257. The van der Waals surface area contributed by atoms with Crippen molar-refractivity contribution in [3.05, 3.63) is 66.1 Å². The van der Waals surface area contributed by atoms with Crippen molar-refractivity contribution in [1.82, 2.24) is 4.57 Å². The van der Waals surface area contributed by atoms with E-state index in [1.165, 1.54) is 18.2 Å². The molecule has 110 valence electrons. The zero-order valence-corrected chi connectivity index (χ0v) is 12.3. The Labute approximate surface area is 128 Å². The Bertz CT molecular complexity index is 844. The number of allylic oxidation sites excluding steroid dienone is 1. The molecule has 2 aromatic carbocycles. The monoisotopic (exact) mass is 293 g/mol. The lowest BCUT2D eigenvalue weighted by atomic mass is 10.0. The fraction of sp³-hybridized carbons (Fsp3) is 0.105. The molecule has 3 rings (SSSR count). The van der Waals surface area contributed by atoms with E-state index in [0.717, 1.165) is 40.6 Å². The molecule has 0 radical (unpaired) electrons. The summed E-state index contributed by atoms with van der Waals surface area (Å²) >= 11 is 0. The summed E-state index contributed by atoms with van der Waals surface area (Å²) in [6, 6.07) is 14.6. The molecule has 0 atom stereocenters. The van der Waals surface area contributed by atoms with Crippen molar-refractivity contribution < 1.29 is 9.18 Å². The highest BCUT2D eigenvalue weighted by Gasteiger charge is 2.15. The third-order valence-electron chi connectivity index (χ3n) is 3.79. The highest BCUT2D eigenvalue weighted by Crippen LogP contribution is 2.35. The maximum Gasteiger partial charge on any atom is 0.142 e. The third-order valence-corrected chi connectivity index (χ3v) is 3.79. The number of carbonyl (C=O) groups excluding carboxylic acids is 1. The zero-order valence-electron chi connectivity index (χ0n) is 12.3. The van der Waals surface area contributed by atoms with Gasteiger partial charge in [-0.15, -0.1) is 0 Å². The molecule has 22 heavy (non-hydrogen) atoms. The first kappa shape index (κ1) is 14.3. The van der Waals surface area contributed by atoms with Gasteiger partial charge in [0, 0.05) is 28.7 Å². The molecule has 2 nitrogen and oxygen atoms in total. The van der Waals surface area contributed by atoms with E-state index in [1.807, 2.05) is 18.2 Å². The van der Waals surface area contributed by atoms with Crippen molar-refractivity contribution in [1.29, 1.82) is 0 Å². The summed E-state index contributed by atoms with van der Waals surface area (Å²) in [5, 5.41) is 1.10. The number of para-hydroxylation sites is 1. The van der Waals surface area contributed by atoms with E-state index in [1.54, 1.807) is 12.1 Å². The molecule has 0 aliphatic heterocycles. The maximum absolute atomic E-state index is 13.2. The molecule has 0 aliphatic carbocycles. The summed E-state index contributed by atoms with van der Waals surface area (Å²) in [5.41, 5.74) is 4.03. The number of nitrogens with zero attached hydrogens (tertiary/aromatic N) is 1. The topological polar surface area (TPSA) is 22.0 Å². The Kier molecular flexibility index (Phi) is 3.88. The van der Waals surface area contributed by atoms with Crippen LogP contribution in [0.4, 0.5) is 4.39 Å². The first-order valence-electron chi connectivity index (χ1n) is 7.25. The van der Waals surface area contributed by atoms with Gasteiger partial charge in [-0.1, -0.05) is 30.3 Å². The van der Waals surface area contributed by atoms with Crippen molar-refractivity contribution >= 4 is 23.3 Å². The molecule has 0 saturated carbocycles. The first-order valence-corrected chi connectivity index (χ1v) is 7.25. The summed E-state index contributed by atoms with van der Waals surface area (Å²) in [6.07, 6.45) is 4.08. The van der Waals surface area contributed by atoms with Crippen LogP contribution in [0.25, 0.3) is 28.1 Å². The molecule has 1 aromatic heterocycles. The second-order valence-corrected chi connectivity index (χ2v) is 5.02. The number of benzene rings is 2. The minimum absolute atomic E-state index is 0.257. The lowest BCUT2D eigenvalue weighted by molar-refractivity contribution is -0.104. The van der Waals surface area contributed by atoms with Crippen LogP contribution in [0.3, 0.4) is 0 Å². The molecule has 0 spiro atoms. The molecule has 0 saturated heterocycles. The Morgan fingerprint density at radius 3 is 2.50 bits per heavy atom. The molecular weight excluding hydrogens is 277 g/mol. The van der Waals surface area contributed by atoms with Crippen molar-refractivity contribution in [3.8, 4) is 11.1 Å². The number of aryl methyl sites for hydroxylation is 1. The number of aromatic nitrogens is 1. The molecule has 0 bridgehead atoms. The summed E-state index contributed by atoms with van der Waals surface area (Å²) in [4.78, 5) is 10.7. The largest absolute Gasteiger partial charge is 0.341 e. The first-order chi connectivity index (χ1) is 10.8. The van der Waals surface area contributed by atoms with Crippen LogP contribution in [-0.4, -0.2) is 10.9 Å². The van der Waals surface area contributed by atoms with Crippen LogP contribution in [0.15, 0.2) is 54.6 Å². The van der Waals surface area contributed by atoms with Crippen LogP contribution in [0.2, 0.25) is 0 Å². The van der Waals surface area contributed by atoms with E-state index in [0.29, 0.717) is 0 Å². The summed E-state index contributed by atoms with van der Waals surface area (Å²) in [7, 11) is 0. The Morgan fingerprint density at radius 1 is 1.09 bits per heavy atom. The molecule has 0 aliphatic rings. The van der Waals surface area contributed by atoms with Crippen molar-refractivity contribution in [2.45, 2.75) is 13.5 Å². The van der Waals surface area contributed by atoms with Crippen LogP contribution in [0.5, 0.6) is 0 Å². The fourth-order valence-electron chi connectivity index (χ4n) is 2.89. The van der Waals surface area contributed by atoms with Gasteiger partial charge in [-0.2, -0.15) is 0 Å². The second-order valence-electron chi connectivity index (χ2n) is 5.02. The van der Waals surface area contributed by atoms with Gasteiger partial charge in [0.25, 0.3) is 0 Å². The second kappa shape index (κ2) is 5.98. The average molecular weight is 293 g/mol. The lowest BCUT2D eigenvalue weighted by Gasteiger charge is -2.06. The normalized spacial score (nSPS) is 11.4. The molecule has 0 N–H and O–H groups in total. The number of hydrogen-bond donors (Lipinski definition) is 0. The summed E-state index contributed by atoms with van der Waals surface area (Å²) < 4.78 is 15.4. The number of rotatable bonds is 4. The molecule has 3 heteroatoms. The third kappa shape index (κ3) is 2.35. The van der Waals surface area contributed by atoms with Gasteiger partial charge in [0.15, 0.2) is 0 Å². The van der Waals surface area contributed by atoms with E-state index in [4.69, 9.17) is 0 Å². The van der Waals surface area contributed by atoms with E-state index in [9.17, 15) is 9.18 Å². The smallest absolute Gasteiger partial charge is 0.142 e. The maximum atomic E-state index is 13.2. The highest BCUT2D eigenvalue weighted by atomic mass is 19.1. The van der Waals surface area contributed by atoms with Gasteiger partial charge >= 0.3 is 0 Å². The molecule has 3 aromatic rings. The van der Waals surface area contributed by atoms with Gasteiger partial charge in [-0.25, -0.2) is 4.39 Å². The number of carbonyl (C=O) groups is 1. The van der Waals surface area contributed by atoms with Crippen LogP contribution in [-0.2, 0) is 11.3 Å². The van der Waals surface area contributed by atoms with Gasteiger partial charge in [0.05, 0.1) is 0 Å². The number of fused-ring (bicyclic) bond motifs is 1. The van der Waals surface area contributed by atoms with Crippen LogP contribution in [0.1, 0.15) is 12.6 Å². The predicted molar refractivity (Wildman–Crippen MR) is 88.1 cm³/mol. The van der Waals surface area contributed by atoms with E-state index in [2.05, 4.69) is 23.6 Å². The SMILES string of the molecule is CCn1c(/C=C/C=O)c(-c2ccc(F)cc2)c2ccccc21. The number of halogens is 1. The van der Waals surface area contributed by atoms with E-state index in [-0.39, 0.29) is 5.82 Å². The van der Waals surface area contributed by atoms with Gasteiger partial charge in [0.2, 0.25) is 0 Å². The zero-order chi connectivity index (χ0) is 15.5. The minimum atomic E-state index is -0.257. The molecule has 0 amide bonds.